The SMILES string of the molecule is Nc1ccc(Nc2cccc3c2C(=O)c2ccc(SCCO)c(Nc4ccc(N)cc4)c2C3=O)cc1. The highest BCUT2D eigenvalue weighted by molar-refractivity contribution is 7.99. The topological polar surface area (TPSA) is 130 Å². The average Bonchev–Trinajstić information content (AvgIpc) is 2.89. The van der Waals surface area contributed by atoms with Gasteiger partial charge in [-0.25, -0.2) is 0 Å². The molecule has 0 bridgehead atoms. The van der Waals surface area contributed by atoms with E-state index in [0.717, 1.165) is 16.3 Å². The van der Waals surface area contributed by atoms with Gasteiger partial charge in [0.1, 0.15) is 0 Å². The number of fused-ring (bicyclic) bond motifs is 2. The van der Waals surface area contributed by atoms with Crippen LogP contribution in [0.3, 0.4) is 0 Å². The van der Waals surface area contributed by atoms with Gasteiger partial charge in [0.2, 0.25) is 0 Å². The molecule has 36 heavy (non-hydrogen) atoms. The molecule has 1 aliphatic rings. The molecule has 8 heteroatoms. The largest absolute Gasteiger partial charge is 0.399 e. The van der Waals surface area contributed by atoms with Gasteiger partial charge in [0.05, 0.1) is 29.1 Å². The van der Waals surface area contributed by atoms with E-state index in [2.05, 4.69) is 10.6 Å². The van der Waals surface area contributed by atoms with Crippen LogP contribution in [-0.2, 0) is 0 Å². The maximum atomic E-state index is 13.9. The molecule has 1 aliphatic carbocycles. The molecule has 0 unspecified atom stereocenters. The summed E-state index contributed by atoms with van der Waals surface area (Å²) in [5.41, 5.74) is 16.7. The van der Waals surface area contributed by atoms with Gasteiger partial charge in [-0.15, -0.1) is 11.8 Å². The summed E-state index contributed by atoms with van der Waals surface area (Å²) in [7, 11) is 0. The van der Waals surface area contributed by atoms with E-state index in [-0.39, 0.29) is 18.2 Å². The zero-order chi connectivity index (χ0) is 25.2. The molecule has 7 nitrogen and oxygen atoms in total. The number of aliphatic hydroxyl groups excluding tert-OH is 1. The van der Waals surface area contributed by atoms with Crippen LogP contribution in [0.4, 0.5) is 34.1 Å². The molecule has 180 valence electrons. The lowest BCUT2D eigenvalue weighted by Crippen LogP contribution is -2.23. The molecule has 0 spiro atoms. The first-order valence-corrected chi connectivity index (χ1v) is 12.3. The Kier molecular flexibility index (Phi) is 6.37. The Labute approximate surface area is 212 Å². The third-order valence-electron chi connectivity index (χ3n) is 5.89. The molecule has 0 fully saturated rings. The zero-order valence-corrected chi connectivity index (χ0v) is 20.1. The van der Waals surface area contributed by atoms with Crippen LogP contribution in [0.5, 0.6) is 0 Å². The predicted octanol–water partition coefficient (Wildman–Crippen LogP) is 5.20. The van der Waals surface area contributed by atoms with Gasteiger partial charge in [0, 0.05) is 44.5 Å². The zero-order valence-electron chi connectivity index (χ0n) is 19.2. The van der Waals surface area contributed by atoms with Gasteiger partial charge in [-0.05, 0) is 66.7 Å². The average molecular weight is 497 g/mol. The monoisotopic (exact) mass is 496 g/mol. The highest BCUT2D eigenvalue weighted by Crippen LogP contribution is 2.41. The van der Waals surface area contributed by atoms with Crippen molar-refractivity contribution in [1.82, 2.24) is 0 Å². The predicted molar refractivity (Wildman–Crippen MR) is 146 cm³/mol. The third-order valence-corrected chi connectivity index (χ3v) is 6.93. The van der Waals surface area contributed by atoms with Crippen molar-refractivity contribution in [2.45, 2.75) is 4.90 Å². The Balaban J connectivity index is 1.61. The minimum atomic E-state index is -0.245. The number of hydrogen-bond donors (Lipinski definition) is 5. The lowest BCUT2D eigenvalue weighted by Gasteiger charge is -2.25. The fourth-order valence-corrected chi connectivity index (χ4v) is 4.97. The van der Waals surface area contributed by atoms with E-state index < -0.39 is 0 Å². The van der Waals surface area contributed by atoms with Crippen molar-refractivity contribution in [3.63, 3.8) is 0 Å². The van der Waals surface area contributed by atoms with Gasteiger partial charge >= 0.3 is 0 Å². The molecule has 0 atom stereocenters. The molecule has 4 aromatic carbocycles. The number of nitrogens with two attached hydrogens (primary N) is 2. The van der Waals surface area contributed by atoms with Crippen molar-refractivity contribution in [3.8, 4) is 0 Å². The number of anilines is 6. The molecule has 0 aromatic heterocycles. The molecule has 0 radical (unpaired) electrons. The number of carbonyl (C=O) groups is 2. The van der Waals surface area contributed by atoms with Crippen molar-refractivity contribution in [1.29, 1.82) is 0 Å². The van der Waals surface area contributed by atoms with Crippen molar-refractivity contribution >= 4 is 57.5 Å². The summed E-state index contributed by atoms with van der Waals surface area (Å²) in [5, 5.41) is 15.9. The Morgan fingerprint density at radius 1 is 0.694 bits per heavy atom. The van der Waals surface area contributed by atoms with Crippen LogP contribution in [0.15, 0.2) is 83.8 Å². The summed E-state index contributed by atoms with van der Waals surface area (Å²) in [6.45, 7) is -0.0149. The van der Waals surface area contributed by atoms with E-state index in [4.69, 9.17) is 11.5 Å². The van der Waals surface area contributed by atoms with Crippen molar-refractivity contribution in [3.05, 3.63) is 101 Å². The fourth-order valence-electron chi connectivity index (χ4n) is 4.20. The second-order valence-electron chi connectivity index (χ2n) is 8.31. The Bertz CT molecular complexity index is 1470. The quantitative estimate of drug-likeness (QED) is 0.154. The minimum absolute atomic E-state index is 0.0149. The summed E-state index contributed by atoms with van der Waals surface area (Å²) in [6.07, 6.45) is 0. The van der Waals surface area contributed by atoms with Gasteiger partial charge in [0.15, 0.2) is 11.6 Å². The minimum Gasteiger partial charge on any atom is -0.399 e. The molecule has 0 heterocycles. The maximum absolute atomic E-state index is 13.9. The number of hydrogen-bond acceptors (Lipinski definition) is 8. The second-order valence-corrected chi connectivity index (χ2v) is 9.45. The Hall–Kier alpha value is -4.27. The van der Waals surface area contributed by atoms with E-state index in [1.807, 2.05) is 30.3 Å². The molecular weight excluding hydrogens is 472 g/mol. The van der Waals surface area contributed by atoms with Crippen LogP contribution >= 0.6 is 11.8 Å². The van der Waals surface area contributed by atoms with Gasteiger partial charge in [-0.2, -0.15) is 0 Å². The van der Waals surface area contributed by atoms with E-state index in [9.17, 15) is 14.7 Å². The summed E-state index contributed by atoms with van der Waals surface area (Å²) in [6, 6.07) is 23.0. The van der Waals surface area contributed by atoms with E-state index >= 15 is 0 Å². The first kappa shape index (κ1) is 23.5. The van der Waals surface area contributed by atoms with Crippen molar-refractivity contribution in [2.24, 2.45) is 0 Å². The molecule has 7 N–H and O–H groups in total. The van der Waals surface area contributed by atoms with Gasteiger partial charge in [-0.1, -0.05) is 12.1 Å². The number of ketones is 2. The molecule has 4 aromatic rings. The first-order valence-electron chi connectivity index (χ1n) is 11.3. The lowest BCUT2D eigenvalue weighted by atomic mass is 9.82. The lowest BCUT2D eigenvalue weighted by molar-refractivity contribution is 0.0980. The number of carbonyl (C=O) groups excluding carboxylic acids is 2. The number of rotatable bonds is 7. The Morgan fingerprint density at radius 2 is 1.28 bits per heavy atom. The molecule has 0 aliphatic heterocycles. The van der Waals surface area contributed by atoms with E-state index in [1.165, 1.54) is 11.8 Å². The number of nitrogens with one attached hydrogen (secondary N) is 2. The molecule has 0 amide bonds. The second kappa shape index (κ2) is 9.77. The van der Waals surface area contributed by atoms with Crippen LogP contribution < -0.4 is 22.1 Å². The van der Waals surface area contributed by atoms with Crippen LogP contribution in [0.2, 0.25) is 0 Å². The first-order chi connectivity index (χ1) is 17.5. The maximum Gasteiger partial charge on any atom is 0.196 e. The summed E-state index contributed by atoms with van der Waals surface area (Å²) in [4.78, 5) is 28.4. The van der Waals surface area contributed by atoms with Crippen LogP contribution in [0.1, 0.15) is 31.8 Å². The van der Waals surface area contributed by atoms with E-state index in [0.29, 0.717) is 50.8 Å². The summed E-state index contributed by atoms with van der Waals surface area (Å²) in [5.74, 6) is -0.0361. The van der Waals surface area contributed by atoms with Crippen molar-refractivity contribution in [2.75, 3.05) is 34.5 Å². The molecule has 0 saturated heterocycles. The standard InChI is InChI=1S/C28H24N4O3S/c29-16-4-8-18(9-5-16)31-22-3-1-2-20-24(22)27(34)21-12-13-23(36-15-14-33)26(25(21)28(20)35)32-19-10-6-17(30)7-11-19/h1-13,31-33H,14-15,29-30H2. The number of benzene rings is 4. The third kappa shape index (κ3) is 4.39. The van der Waals surface area contributed by atoms with Crippen LogP contribution in [0, 0.1) is 0 Å². The molecule has 0 saturated carbocycles. The summed E-state index contributed by atoms with van der Waals surface area (Å²) < 4.78 is 0. The number of thioether (sulfide) groups is 1. The smallest absolute Gasteiger partial charge is 0.196 e. The van der Waals surface area contributed by atoms with Gasteiger partial charge in [-0.3, -0.25) is 9.59 Å². The normalized spacial score (nSPS) is 12.1. The Morgan fingerprint density at radius 3 is 1.92 bits per heavy atom. The van der Waals surface area contributed by atoms with Crippen molar-refractivity contribution < 1.29 is 14.7 Å². The number of aliphatic hydroxyl groups is 1. The molecule has 5 rings (SSSR count). The van der Waals surface area contributed by atoms with E-state index in [1.54, 1.807) is 48.5 Å². The molecular formula is C28H24N4O3S. The highest BCUT2D eigenvalue weighted by atomic mass is 32.2. The van der Waals surface area contributed by atoms with Gasteiger partial charge in [0.25, 0.3) is 0 Å². The fraction of sp³-hybridized carbons (Fsp3) is 0.0714. The summed E-state index contributed by atoms with van der Waals surface area (Å²) >= 11 is 1.41. The van der Waals surface area contributed by atoms with Crippen LogP contribution in [-0.4, -0.2) is 29.0 Å². The highest BCUT2D eigenvalue weighted by Gasteiger charge is 2.34. The number of nitrogen functional groups attached to an aromatic ring is 2. The van der Waals surface area contributed by atoms with Gasteiger partial charge < -0.3 is 27.2 Å². The van der Waals surface area contributed by atoms with Crippen LogP contribution in [0.25, 0.3) is 0 Å².